The zero-order chi connectivity index (χ0) is 14.3. The number of ether oxygens (including phenoxy) is 1. The van der Waals surface area contributed by atoms with Gasteiger partial charge in [-0.2, -0.15) is 0 Å². The van der Waals surface area contributed by atoms with Crippen molar-refractivity contribution in [3.8, 4) is 11.5 Å². The highest BCUT2D eigenvalue weighted by Gasteiger charge is 2.12. The van der Waals surface area contributed by atoms with Crippen molar-refractivity contribution in [1.82, 2.24) is 0 Å². The van der Waals surface area contributed by atoms with Crippen LogP contribution in [-0.2, 0) is 0 Å². The Balaban J connectivity index is 1.65. The van der Waals surface area contributed by atoms with Gasteiger partial charge in [0.2, 0.25) is 0 Å². The molecule has 0 aromatic heterocycles. The van der Waals surface area contributed by atoms with Crippen LogP contribution in [0.4, 0.5) is 5.69 Å². The average Bonchev–Trinajstić information content (AvgIpc) is 2.77. The molecular weight excluding hydrogens is 258 g/mol. The number of rotatable bonds is 4. The van der Waals surface area contributed by atoms with Gasteiger partial charge in [0.1, 0.15) is 11.5 Å². The van der Waals surface area contributed by atoms with Crippen LogP contribution >= 0.6 is 0 Å². The van der Waals surface area contributed by atoms with Crippen LogP contribution in [-0.4, -0.2) is 6.04 Å². The molecule has 2 heteroatoms. The van der Waals surface area contributed by atoms with Crippen LogP contribution in [0.3, 0.4) is 0 Å². The van der Waals surface area contributed by atoms with Crippen molar-refractivity contribution in [3.05, 3.63) is 54.6 Å². The lowest BCUT2D eigenvalue weighted by Crippen LogP contribution is -2.18. The summed E-state index contributed by atoms with van der Waals surface area (Å²) < 4.78 is 5.89. The van der Waals surface area contributed by atoms with Crippen LogP contribution in [0, 0.1) is 0 Å². The van der Waals surface area contributed by atoms with Gasteiger partial charge in [-0.3, -0.25) is 0 Å². The highest BCUT2D eigenvalue weighted by molar-refractivity contribution is 5.49. The quantitative estimate of drug-likeness (QED) is 0.735. The summed E-state index contributed by atoms with van der Waals surface area (Å²) in [6.07, 6.45) is 8.02. The summed E-state index contributed by atoms with van der Waals surface area (Å²) in [5.41, 5.74) is 1.16. The number of para-hydroxylation sites is 1. The molecule has 0 aliphatic heterocycles. The second-order valence-corrected chi connectivity index (χ2v) is 5.78. The molecule has 3 rings (SSSR count). The number of benzene rings is 2. The van der Waals surface area contributed by atoms with Gasteiger partial charge in [0.15, 0.2) is 0 Å². The van der Waals surface area contributed by atoms with E-state index in [1.165, 1.54) is 38.5 Å². The fraction of sp³-hybridized carbons (Fsp3) is 0.368. The topological polar surface area (TPSA) is 21.3 Å². The maximum Gasteiger partial charge on any atom is 0.129 e. The van der Waals surface area contributed by atoms with Crippen molar-refractivity contribution in [2.24, 2.45) is 0 Å². The van der Waals surface area contributed by atoms with E-state index in [4.69, 9.17) is 4.74 Å². The zero-order valence-electron chi connectivity index (χ0n) is 12.4. The van der Waals surface area contributed by atoms with Crippen LogP contribution in [0.1, 0.15) is 38.5 Å². The predicted octanol–water partition coefficient (Wildman–Crippen LogP) is 5.61. The second kappa shape index (κ2) is 7.16. The highest BCUT2D eigenvalue weighted by Crippen LogP contribution is 2.26. The van der Waals surface area contributed by atoms with Crippen LogP contribution in [0.2, 0.25) is 0 Å². The molecule has 0 atom stereocenters. The molecule has 0 heterocycles. The van der Waals surface area contributed by atoms with Gasteiger partial charge in [0, 0.05) is 17.8 Å². The molecule has 0 amide bonds. The monoisotopic (exact) mass is 281 g/mol. The van der Waals surface area contributed by atoms with Gasteiger partial charge >= 0.3 is 0 Å². The Hall–Kier alpha value is -1.96. The lowest BCUT2D eigenvalue weighted by Gasteiger charge is -2.18. The molecule has 21 heavy (non-hydrogen) atoms. The predicted molar refractivity (Wildman–Crippen MR) is 88.1 cm³/mol. The minimum atomic E-state index is 0.611. The molecule has 2 aromatic carbocycles. The largest absolute Gasteiger partial charge is 0.457 e. The van der Waals surface area contributed by atoms with E-state index in [0.29, 0.717) is 6.04 Å². The first-order valence-corrected chi connectivity index (χ1v) is 8.00. The first-order valence-electron chi connectivity index (χ1n) is 8.00. The minimum Gasteiger partial charge on any atom is -0.457 e. The van der Waals surface area contributed by atoms with E-state index >= 15 is 0 Å². The van der Waals surface area contributed by atoms with E-state index in [-0.39, 0.29) is 0 Å². The number of hydrogen-bond acceptors (Lipinski definition) is 2. The Morgan fingerprint density at radius 2 is 1.48 bits per heavy atom. The zero-order valence-corrected chi connectivity index (χ0v) is 12.4. The van der Waals surface area contributed by atoms with Crippen molar-refractivity contribution >= 4 is 5.69 Å². The molecule has 2 nitrogen and oxygen atoms in total. The van der Waals surface area contributed by atoms with Crippen molar-refractivity contribution in [2.75, 3.05) is 5.32 Å². The molecular formula is C19H23NO. The third-order valence-corrected chi connectivity index (χ3v) is 4.04. The molecule has 1 saturated carbocycles. The molecule has 1 aliphatic carbocycles. The molecule has 1 aliphatic rings. The maximum absolute atomic E-state index is 5.89. The first-order chi connectivity index (χ1) is 10.4. The third kappa shape index (κ3) is 4.25. The summed E-state index contributed by atoms with van der Waals surface area (Å²) in [4.78, 5) is 0. The summed E-state index contributed by atoms with van der Waals surface area (Å²) in [6.45, 7) is 0. The van der Waals surface area contributed by atoms with E-state index in [1.54, 1.807) is 0 Å². The molecule has 0 bridgehead atoms. The van der Waals surface area contributed by atoms with Crippen LogP contribution in [0.25, 0.3) is 0 Å². The summed E-state index contributed by atoms with van der Waals surface area (Å²) in [6, 6.07) is 18.8. The third-order valence-electron chi connectivity index (χ3n) is 4.04. The molecule has 1 N–H and O–H groups in total. The number of hydrogen-bond donors (Lipinski definition) is 1. The van der Waals surface area contributed by atoms with Crippen molar-refractivity contribution in [2.45, 2.75) is 44.6 Å². The van der Waals surface area contributed by atoms with Gasteiger partial charge < -0.3 is 10.1 Å². The Bertz CT molecular complexity index is 545. The van der Waals surface area contributed by atoms with Crippen molar-refractivity contribution in [3.63, 3.8) is 0 Å². The SMILES string of the molecule is c1ccc(Oc2cccc(NC3CCCCCC3)c2)cc1. The molecule has 0 saturated heterocycles. The lowest BCUT2D eigenvalue weighted by atomic mass is 10.1. The van der Waals surface area contributed by atoms with Gasteiger partial charge in [-0.25, -0.2) is 0 Å². The van der Waals surface area contributed by atoms with Crippen LogP contribution < -0.4 is 10.1 Å². The van der Waals surface area contributed by atoms with E-state index in [0.717, 1.165) is 17.2 Å². The summed E-state index contributed by atoms with van der Waals surface area (Å²) in [5, 5.41) is 3.67. The van der Waals surface area contributed by atoms with Crippen LogP contribution in [0.5, 0.6) is 11.5 Å². The number of nitrogens with one attached hydrogen (secondary N) is 1. The summed E-state index contributed by atoms with van der Waals surface area (Å²) in [7, 11) is 0. The summed E-state index contributed by atoms with van der Waals surface area (Å²) >= 11 is 0. The molecule has 110 valence electrons. The first kappa shape index (κ1) is 14.0. The molecule has 0 spiro atoms. The van der Waals surface area contributed by atoms with E-state index < -0.39 is 0 Å². The number of anilines is 1. The Morgan fingerprint density at radius 3 is 2.24 bits per heavy atom. The highest BCUT2D eigenvalue weighted by atomic mass is 16.5. The Labute approximate surface area is 127 Å². The molecule has 0 radical (unpaired) electrons. The molecule has 2 aromatic rings. The minimum absolute atomic E-state index is 0.611. The Kier molecular flexibility index (Phi) is 4.78. The normalized spacial score (nSPS) is 16.2. The van der Waals surface area contributed by atoms with Crippen molar-refractivity contribution in [1.29, 1.82) is 0 Å². The maximum atomic E-state index is 5.89. The lowest BCUT2D eigenvalue weighted by molar-refractivity contribution is 0.482. The van der Waals surface area contributed by atoms with Crippen LogP contribution in [0.15, 0.2) is 54.6 Å². The van der Waals surface area contributed by atoms with Gasteiger partial charge in [0.05, 0.1) is 0 Å². The smallest absolute Gasteiger partial charge is 0.129 e. The fourth-order valence-electron chi connectivity index (χ4n) is 2.93. The van der Waals surface area contributed by atoms with E-state index in [9.17, 15) is 0 Å². The van der Waals surface area contributed by atoms with Gasteiger partial charge in [-0.1, -0.05) is 49.9 Å². The fourth-order valence-corrected chi connectivity index (χ4v) is 2.93. The molecule has 0 unspecified atom stereocenters. The standard InChI is InChI=1S/C19H23NO/c1-2-5-10-16(9-4-1)20-17-11-8-14-19(15-17)21-18-12-6-3-7-13-18/h3,6-8,11-16,20H,1-2,4-5,9-10H2. The van der Waals surface area contributed by atoms with Gasteiger partial charge in [-0.05, 0) is 37.1 Å². The van der Waals surface area contributed by atoms with Gasteiger partial charge in [0.25, 0.3) is 0 Å². The van der Waals surface area contributed by atoms with Gasteiger partial charge in [-0.15, -0.1) is 0 Å². The second-order valence-electron chi connectivity index (χ2n) is 5.78. The average molecular weight is 281 g/mol. The summed E-state index contributed by atoms with van der Waals surface area (Å²) in [5.74, 6) is 1.77. The molecule has 1 fully saturated rings. The van der Waals surface area contributed by atoms with E-state index in [1.807, 2.05) is 36.4 Å². The van der Waals surface area contributed by atoms with E-state index in [2.05, 4.69) is 23.5 Å². The Morgan fingerprint density at radius 1 is 0.762 bits per heavy atom. The van der Waals surface area contributed by atoms with Crippen molar-refractivity contribution < 1.29 is 4.74 Å².